The lowest BCUT2D eigenvalue weighted by atomic mass is 10.1. The highest BCUT2D eigenvalue weighted by atomic mass is 35.5. The minimum absolute atomic E-state index is 0.178. The Morgan fingerprint density at radius 3 is 2.40 bits per heavy atom. The highest BCUT2D eigenvalue weighted by molar-refractivity contribution is 6.20. The fourth-order valence-electron chi connectivity index (χ4n) is 2.32. The molecule has 0 N–H and O–H groups in total. The summed E-state index contributed by atoms with van der Waals surface area (Å²) >= 11 is 6.30. The Labute approximate surface area is 123 Å². The van der Waals surface area contributed by atoms with Gasteiger partial charge in [0, 0.05) is 5.56 Å². The predicted octanol–water partition coefficient (Wildman–Crippen LogP) is 4.91. The first-order chi connectivity index (χ1) is 9.66. The van der Waals surface area contributed by atoms with E-state index < -0.39 is 0 Å². The van der Waals surface area contributed by atoms with Gasteiger partial charge in [0.1, 0.15) is 0 Å². The third kappa shape index (κ3) is 2.27. The van der Waals surface area contributed by atoms with Gasteiger partial charge in [0.25, 0.3) is 0 Å². The smallest absolute Gasteiger partial charge is 0.0940 e. The number of rotatable bonds is 2. The lowest BCUT2D eigenvalue weighted by molar-refractivity contribution is 0.996. The van der Waals surface area contributed by atoms with Crippen LogP contribution in [0.15, 0.2) is 48.5 Å². The molecule has 0 fully saturated rings. The SMILES string of the molecule is Cc1cccc2nc(C(C)Cl)c(-c3ccccc3)nc12. The maximum absolute atomic E-state index is 6.30. The Kier molecular flexibility index (Phi) is 3.41. The van der Waals surface area contributed by atoms with Crippen molar-refractivity contribution in [1.29, 1.82) is 0 Å². The number of hydrogen-bond acceptors (Lipinski definition) is 2. The van der Waals surface area contributed by atoms with Crippen LogP contribution in [-0.2, 0) is 0 Å². The monoisotopic (exact) mass is 282 g/mol. The van der Waals surface area contributed by atoms with Gasteiger partial charge < -0.3 is 0 Å². The van der Waals surface area contributed by atoms with Crippen LogP contribution in [0.3, 0.4) is 0 Å². The highest BCUT2D eigenvalue weighted by Crippen LogP contribution is 2.30. The maximum atomic E-state index is 6.30. The molecule has 0 amide bonds. The van der Waals surface area contributed by atoms with Crippen molar-refractivity contribution in [2.75, 3.05) is 0 Å². The molecule has 0 bridgehead atoms. The van der Waals surface area contributed by atoms with Gasteiger partial charge in [-0.2, -0.15) is 0 Å². The van der Waals surface area contributed by atoms with Gasteiger partial charge in [0.15, 0.2) is 0 Å². The van der Waals surface area contributed by atoms with Crippen LogP contribution in [0.25, 0.3) is 22.3 Å². The van der Waals surface area contributed by atoms with Gasteiger partial charge in [0.05, 0.1) is 27.8 Å². The Morgan fingerprint density at radius 1 is 0.950 bits per heavy atom. The van der Waals surface area contributed by atoms with E-state index in [1.165, 1.54) is 0 Å². The summed E-state index contributed by atoms with van der Waals surface area (Å²) in [6, 6.07) is 16.1. The molecule has 0 aliphatic carbocycles. The van der Waals surface area contributed by atoms with Crippen LogP contribution < -0.4 is 0 Å². The first kappa shape index (κ1) is 13.1. The van der Waals surface area contributed by atoms with E-state index in [1.807, 2.05) is 49.4 Å². The fraction of sp³-hybridized carbons (Fsp3) is 0.176. The summed E-state index contributed by atoms with van der Waals surface area (Å²) in [5.41, 5.74) is 5.71. The second kappa shape index (κ2) is 5.22. The number of aromatic nitrogens is 2. The van der Waals surface area contributed by atoms with Crippen LogP contribution in [0.5, 0.6) is 0 Å². The lowest BCUT2D eigenvalue weighted by Crippen LogP contribution is -2.00. The molecule has 0 saturated heterocycles. The van der Waals surface area contributed by atoms with Gasteiger partial charge in [-0.1, -0.05) is 42.5 Å². The molecule has 1 aromatic heterocycles. The van der Waals surface area contributed by atoms with Crippen molar-refractivity contribution in [2.45, 2.75) is 19.2 Å². The zero-order valence-electron chi connectivity index (χ0n) is 11.5. The molecule has 3 rings (SSSR count). The first-order valence-electron chi connectivity index (χ1n) is 6.63. The summed E-state index contributed by atoms with van der Waals surface area (Å²) in [4.78, 5) is 9.54. The predicted molar refractivity (Wildman–Crippen MR) is 84.0 cm³/mol. The van der Waals surface area contributed by atoms with Crippen LogP contribution in [0.2, 0.25) is 0 Å². The summed E-state index contributed by atoms with van der Waals surface area (Å²) in [6.07, 6.45) is 0. The van der Waals surface area contributed by atoms with Crippen molar-refractivity contribution in [2.24, 2.45) is 0 Å². The fourth-order valence-corrected chi connectivity index (χ4v) is 2.47. The van der Waals surface area contributed by atoms with E-state index in [1.54, 1.807) is 0 Å². The van der Waals surface area contributed by atoms with E-state index in [0.29, 0.717) is 0 Å². The van der Waals surface area contributed by atoms with Crippen molar-refractivity contribution in [1.82, 2.24) is 9.97 Å². The quantitative estimate of drug-likeness (QED) is 0.625. The van der Waals surface area contributed by atoms with Gasteiger partial charge >= 0.3 is 0 Å². The highest BCUT2D eigenvalue weighted by Gasteiger charge is 2.15. The van der Waals surface area contributed by atoms with E-state index in [9.17, 15) is 0 Å². The average molecular weight is 283 g/mol. The normalized spacial score (nSPS) is 12.6. The number of fused-ring (bicyclic) bond motifs is 1. The van der Waals surface area contributed by atoms with Gasteiger partial charge in [0.2, 0.25) is 0 Å². The molecule has 100 valence electrons. The second-order valence-electron chi connectivity index (χ2n) is 4.88. The molecule has 0 aliphatic heterocycles. The first-order valence-corrected chi connectivity index (χ1v) is 7.07. The Morgan fingerprint density at radius 2 is 1.70 bits per heavy atom. The molecule has 0 spiro atoms. The van der Waals surface area contributed by atoms with Gasteiger partial charge in [-0.25, -0.2) is 9.97 Å². The Bertz CT molecular complexity index is 752. The van der Waals surface area contributed by atoms with Gasteiger partial charge in [-0.3, -0.25) is 0 Å². The zero-order valence-corrected chi connectivity index (χ0v) is 12.2. The molecule has 3 aromatic rings. The number of alkyl halides is 1. The third-order valence-electron chi connectivity index (χ3n) is 3.35. The molecular formula is C17H15ClN2. The third-order valence-corrected chi connectivity index (χ3v) is 3.55. The van der Waals surface area contributed by atoms with Crippen LogP contribution in [-0.4, -0.2) is 9.97 Å². The van der Waals surface area contributed by atoms with Crippen LogP contribution in [0, 0.1) is 6.92 Å². The van der Waals surface area contributed by atoms with Gasteiger partial charge in [-0.15, -0.1) is 11.6 Å². The van der Waals surface area contributed by atoms with Crippen LogP contribution in [0.4, 0.5) is 0 Å². The van der Waals surface area contributed by atoms with Crippen molar-refractivity contribution in [3.05, 3.63) is 59.8 Å². The number of halogens is 1. The molecule has 0 aliphatic rings. The Balaban J connectivity index is 2.34. The molecule has 1 atom stereocenters. The minimum Gasteiger partial charge on any atom is -0.247 e. The van der Waals surface area contributed by atoms with E-state index in [4.69, 9.17) is 21.6 Å². The van der Waals surface area contributed by atoms with Crippen LogP contribution >= 0.6 is 11.6 Å². The topological polar surface area (TPSA) is 25.8 Å². The Hall–Kier alpha value is -1.93. The van der Waals surface area contributed by atoms with E-state index in [0.717, 1.165) is 33.5 Å². The summed E-state index contributed by atoms with van der Waals surface area (Å²) in [5, 5.41) is -0.178. The number of hydrogen-bond donors (Lipinski definition) is 0. The minimum atomic E-state index is -0.178. The maximum Gasteiger partial charge on any atom is 0.0940 e. The van der Waals surface area contributed by atoms with Crippen LogP contribution in [0.1, 0.15) is 23.6 Å². The summed E-state index contributed by atoms with van der Waals surface area (Å²) < 4.78 is 0. The molecule has 1 heterocycles. The van der Waals surface area contributed by atoms with Crippen molar-refractivity contribution in [3.8, 4) is 11.3 Å². The summed E-state index contributed by atoms with van der Waals surface area (Å²) in [6.45, 7) is 3.98. The second-order valence-corrected chi connectivity index (χ2v) is 5.54. The molecule has 2 nitrogen and oxygen atoms in total. The molecule has 1 unspecified atom stereocenters. The molecule has 20 heavy (non-hydrogen) atoms. The lowest BCUT2D eigenvalue weighted by Gasteiger charge is -2.12. The largest absolute Gasteiger partial charge is 0.247 e. The van der Waals surface area contributed by atoms with Crippen molar-refractivity contribution in [3.63, 3.8) is 0 Å². The van der Waals surface area contributed by atoms with E-state index in [2.05, 4.69) is 13.0 Å². The zero-order chi connectivity index (χ0) is 14.1. The number of nitrogens with zero attached hydrogens (tertiary/aromatic N) is 2. The molecular weight excluding hydrogens is 268 g/mol. The van der Waals surface area contributed by atoms with E-state index >= 15 is 0 Å². The molecule has 2 aromatic carbocycles. The van der Waals surface area contributed by atoms with Crippen molar-refractivity contribution >= 4 is 22.6 Å². The average Bonchev–Trinajstić information content (AvgIpc) is 2.47. The van der Waals surface area contributed by atoms with E-state index in [-0.39, 0.29) is 5.38 Å². The van der Waals surface area contributed by atoms with Gasteiger partial charge in [-0.05, 0) is 25.5 Å². The standard InChI is InChI=1S/C17H15ClN2/c1-11-7-6-10-14-15(11)20-17(16(19-14)12(2)18)13-8-4-3-5-9-13/h3-10,12H,1-2H3. The number of aryl methyl sites for hydroxylation is 1. The molecule has 0 saturated carbocycles. The summed E-state index contributed by atoms with van der Waals surface area (Å²) in [5.74, 6) is 0. The molecule has 3 heteroatoms. The summed E-state index contributed by atoms with van der Waals surface area (Å²) in [7, 11) is 0. The molecule has 0 radical (unpaired) electrons. The number of para-hydroxylation sites is 1. The van der Waals surface area contributed by atoms with Crippen molar-refractivity contribution < 1.29 is 0 Å². The number of benzene rings is 2.